The third-order valence-corrected chi connectivity index (χ3v) is 4.88. The minimum Gasteiger partial charge on any atom is -0.479 e. The van der Waals surface area contributed by atoms with Crippen molar-refractivity contribution < 1.29 is 27.4 Å². The normalized spacial score (nSPS) is 10.9. The first kappa shape index (κ1) is 24.0. The standard InChI is InChI=1S/C21H18ClF2N7O4/c1-10-28-20(31-34-10)19-14(4-12(22)5-16(19)24)11-3-15(23)17(25-7-11)9-26-21(32)29-27-8-13-6-18(33-2)30-35-13/h3-7,27H,8-9H2,1-2H3,(H2,26,29,32). The molecule has 182 valence electrons. The van der Waals surface area contributed by atoms with Crippen LogP contribution in [-0.4, -0.2) is 33.4 Å². The molecule has 3 aromatic heterocycles. The number of benzene rings is 1. The summed E-state index contributed by atoms with van der Waals surface area (Å²) in [6.07, 6.45) is 1.33. The maximum atomic E-state index is 14.8. The number of pyridine rings is 1. The van der Waals surface area contributed by atoms with Crippen molar-refractivity contribution in [2.45, 2.75) is 20.0 Å². The van der Waals surface area contributed by atoms with Crippen LogP contribution >= 0.6 is 11.6 Å². The zero-order chi connectivity index (χ0) is 24.9. The van der Waals surface area contributed by atoms with Gasteiger partial charge in [-0.15, -0.1) is 0 Å². The van der Waals surface area contributed by atoms with Crippen LogP contribution in [0, 0.1) is 18.6 Å². The number of carbonyl (C=O) groups is 1. The number of hydrazine groups is 1. The first-order chi connectivity index (χ1) is 16.8. The number of hydrogen-bond acceptors (Lipinski definition) is 9. The number of amides is 2. The molecule has 0 aliphatic rings. The van der Waals surface area contributed by atoms with Gasteiger partial charge in [0.2, 0.25) is 11.7 Å². The molecule has 0 spiro atoms. The molecule has 2 amide bonds. The Bertz CT molecular complexity index is 1360. The van der Waals surface area contributed by atoms with Crippen LogP contribution in [-0.2, 0) is 13.1 Å². The largest absolute Gasteiger partial charge is 0.479 e. The van der Waals surface area contributed by atoms with Crippen LogP contribution in [0.15, 0.2) is 39.5 Å². The lowest BCUT2D eigenvalue weighted by Crippen LogP contribution is -2.43. The number of methoxy groups -OCH3 is 1. The number of nitrogens with zero attached hydrogens (tertiary/aromatic N) is 4. The van der Waals surface area contributed by atoms with Gasteiger partial charge in [-0.25, -0.2) is 19.0 Å². The SMILES string of the molecule is COc1cc(CNNC(=O)NCc2ncc(-c3cc(Cl)cc(F)c3-c3noc(C)n3)cc2F)on1. The maximum absolute atomic E-state index is 14.8. The highest BCUT2D eigenvalue weighted by Gasteiger charge is 2.20. The van der Waals surface area contributed by atoms with E-state index in [4.69, 9.17) is 25.4 Å². The van der Waals surface area contributed by atoms with Crippen molar-refractivity contribution in [3.05, 3.63) is 64.5 Å². The second-order valence-corrected chi connectivity index (χ2v) is 7.53. The summed E-state index contributed by atoms with van der Waals surface area (Å²) >= 11 is 6.02. The highest BCUT2D eigenvalue weighted by molar-refractivity contribution is 6.31. The number of halogens is 3. The molecule has 4 aromatic rings. The molecule has 0 saturated carbocycles. The fourth-order valence-corrected chi connectivity index (χ4v) is 3.27. The van der Waals surface area contributed by atoms with Crippen LogP contribution in [0.2, 0.25) is 5.02 Å². The molecule has 0 unspecified atom stereocenters. The smallest absolute Gasteiger partial charge is 0.329 e. The van der Waals surface area contributed by atoms with E-state index in [-0.39, 0.29) is 52.2 Å². The van der Waals surface area contributed by atoms with E-state index in [1.807, 2.05) is 0 Å². The molecule has 3 heterocycles. The molecular weight excluding hydrogens is 488 g/mol. The first-order valence-electron chi connectivity index (χ1n) is 10.0. The minimum atomic E-state index is -0.722. The highest BCUT2D eigenvalue weighted by Crippen LogP contribution is 2.35. The second kappa shape index (κ2) is 10.4. The van der Waals surface area contributed by atoms with Crippen LogP contribution in [0.3, 0.4) is 0 Å². The number of nitrogens with one attached hydrogen (secondary N) is 3. The molecule has 0 radical (unpaired) electrons. The molecule has 11 nitrogen and oxygen atoms in total. The number of aromatic nitrogens is 4. The van der Waals surface area contributed by atoms with Crippen LogP contribution in [0.1, 0.15) is 17.3 Å². The molecule has 4 rings (SSSR count). The van der Waals surface area contributed by atoms with E-state index < -0.39 is 17.7 Å². The molecule has 1 aromatic carbocycles. The van der Waals surface area contributed by atoms with Crippen molar-refractivity contribution in [2.24, 2.45) is 0 Å². The van der Waals surface area contributed by atoms with E-state index in [2.05, 4.69) is 36.4 Å². The lowest BCUT2D eigenvalue weighted by atomic mass is 9.99. The number of hydrogen-bond donors (Lipinski definition) is 3. The summed E-state index contributed by atoms with van der Waals surface area (Å²) in [5.41, 5.74) is 5.41. The zero-order valence-electron chi connectivity index (χ0n) is 18.4. The van der Waals surface area contributed by atoms with Gasteiger partial charge in [0.15, 0.2) is 5.76 Å². The third-order valence-electron chi connectivity index (χ3n) is 4.66. The first-order valence-corrected chi connectivity index (χ1v) is 10.4. The molecule has 14 heteroatoms. The summed E-state index contributed by atoms with van der Waals surface area (Å²) in [5, 5.41) is 9.92. The Morgan fingerprint density at radius 1 is 1.11 bits per heavy atom. The Balaban J connectivity index is 1.42. The van der Waals surface area contributed by atoms with Crippen LogP contribution < -0.4 is 20.9 Å². The fourth-order valence-electron chi connectivity index (χ4n) is 3.07. The van der Waals surface area contributed by atoms with Crippen LogP contribution in [0.25, 0.3) is 22.5 Å². The summed E-state index contributed by atoms with van der Waals surface area (Å²) < 4.78 is 44.3. The molecule has 3 N–H and O–H groups in total. The van der Waals surface area contributed by atoms with Crippen molar-refractivity contribution in [2.75, 3.05) is 7.11 Å². The van der Waals surface area contributed by atoms with Gasteiger partial charge >= 0.3 is 6.03 Å². The average Bonchev–Trinajstić information content (AvgIpc) is 3.46. The van der Waals surface area contributed by atoms with Gasteiger partial charge < -0.3 is 19.1 Å². The summed E-state index contributed by atoms with van der Waals surface area (Å²) in [6, 6.07) is 4.61. The highest BCUT2D eigenvalue weighted by atomic mass is 35.5. The van der Waals surface area contributed by atoms with Gasteiger partial charge in [0.1, 0.15) is 11.6 Å². The molecule has 0 atom stereocenters. The van der Waals surface area contributed by atoms with Crippen molar-refractivity contribution in [3.8, 4) is 28.4 Å². The van der Waals surface area contributed by atoms with E-state index in [1.54, 1.807) is 13.0 Å². The number of rotatable bonds is 8. The lowest BCUT2D eigenvalue weighted by molar-refractivity contribution is 0.234. The summed E-state index contributed by atoms with van der Waals surface area (Å²) in [7, 11) is 1.45. The number of carbonyl (C=O) groups excluding carboxylic acids is 1. The van der Waals surface area contributed by atoms with E-state index in [0.29, 0.717) is 11.6 Å². The van der Waals surface area contributed by atoms with Crippen LogP contribution in [0.5, 0.6) is 5.88 Å². The van der Waals surface area contributed by atoms with Crippen molar-refractivity contribution in [3.63, 3.8) is 0 Å². The van der Waals surface area contributed by atoms with Gasteiger partial charge in [0.05, 0.1) is 31.5 Å². The third kappa shape index (κ3) is 5.70. The lowest BCUT2D eigenvalue weighted by Gasteiger charge is -2.11. The van der Waals surface area contributed by atoms with Gasteiger partial charge in [-0.05, 0) is 28.9 Å². The van der Waals surface area contributed by atoms with Gasteiger partial charge in [-0.3, -0.25) is 10.4 Å². The second-order valence-electron chi connectivity index (χ2n) is 7.10. The Labute approximate surface area is 201 Å². The molecule has 0 saturated heterocycles. The predicted octanol–water partition coefficient (Wildman–Crippen LogP) is 3.54. The summed E-state index contributed by atoms with van der Waals surface area (Å²) in [4.78, 5) is 20.1. The fraction of sp³-hybridized carbons (Fsp3) is 0.190. The topological polar surface area (TPSA) is 140 Å². The number of urea groups is 1. The zero-order valence-corrected chi connectivity index (χ0v) is 19.1. The molecule has 35 heavy (non-hydrogen) atoms. The van der Waals surface area contributed by atoms with Crippen LogP contribution in [0.4, 0.5) is 13.6 Å². The summed E-state index contributed by atoms with van der Waals surface area (Å²) in [5.74, 6) is -0.466. The Morgan fingerprint density at radius 2 is 1.94 bits per heavy atom. The quantitative estimate of drug-likeness (QED) is 0.307. The van der Waals surface area contributed by atoms with E-state index in [0.717, 1.165) is 12.1 Å². The monoisotopic (exact) mass is 505 g/mol. The Hall–Kier alpha value is -4.10. The molecule has 0 fully saturated rings. The number of aryl methyl sites for hydroxylation is 1. The van der Waals surface area contributed by atoms with E-state index in [9.17, 15) is 13.6 Å². The van der Waals surface area contributed by atoms with Gasteiger partial charge in [0.25, 0.3) is 5.88 Å². The van der Waals surface area contributed by atoms with Crippen molar-refractivity contribution >= 4 is 17.6 Å². The Kier molecular flexibility index (Phi) is 7.17. The molecule has 0 aliphatic heterocycles. The van der Waals surface area contributed by atoms with E-state index >= 15 is 0 Å². The maximum Gasteiger partial charge on any atom is 0.329 e. The number of ether oxygens (including phenoxy) is 1. The van der Waals surface area contributed by atoms with Gasteiger partial charge in [-0.1, -0.05) is 16.8 Å². The Morgan fingerprint density at radius 3 is 2.63 bits per heavy atom. The predicted molar refractivity (Wildman–Crippen MR) is 118 cm³/mol. The summed E-state index contributed by atoms with van der Waals surface area (Å²) in [6.45, 7) is 1.49. The molecule has 0 aliphatic carbocycles. The van der Waals surface area contributed by atoms with Crippen molar-refractivity contribution in [1.29, 1.82) is 0 Å². The van der Waals surface area contributed by atoms with Gasteiger partial charge in [-0.2, -0.15) is 4.98 Å². The average molecular weight is 506 g/mol. The molecule has 0 bridgehead atoms. The van der Waals surface area contributed by atoms with Crippen molar-refractivity contribution in [1.82, 2.24) is 36.4 Å². The van der Waals surface area contributed by atoms with E-state index in [1.165, 1.54) is 19.4 Å². The van der Waals surface area contributed by atoms with Gasteiger partial charge in [0, 0.05) is 29.8 Å². The molecular formula is C21H18ClF2N7O4. The minimum absolute atomic E-state index is 0.00634.